The Hall–Kier alpha value is -1.55. The van der Waals surface area contributed by atoms with Crippen LogP contribution in [0.15, 0.2) is 23.2 Å². The number of aliphatic hydroxyl groups is 1. The van der Waals surface area contributed by atoms with E-state index in [1.165, 1.54) is 44.9 Å². The van der Waals surface area contributed by atoms with Gasteiger partial charge >= 0.3 is 0 Å². The number of rotatable bonds is 4. The average Bonchev–Trinajstić information content (AvgIpc) is 3.05. The lowest BCUT2D eigenvalue weighted by molar-refractivity contribution is -0.147. The van der Waals surface area contributed by atoms with Crippen molar-refractivity contribution < 1.29 is 14.9 Å². The molecule has 2 N–H and O–H groups in total. The monoisotopic (exact) mass is 439 g/mol. The van der Waals surface area contributed by atoms with E-state index in [1.807, 2.05) is 12.1 Å². The minimum Gasteiger partial charge on any atom is -0.504 e. The Bertz CT molecular complexity index is 883. The van der Waals surface area contributed by atoms with Crippen molar-refractivity contribution in [1.82, 2.24) is 0 Å². The molecule has 4 aliphatic carbocycles. The number of methoxy groups -OCH3 is 1. The molecule has 0 amide bonds. The first-order valence-corrected chi connectivity index (χ1v) is 12.9. The predicted octanol–water partition coefficient (Wildman–Crippen LogP) is 5.98. The molecule has 1 aromatic carbocycles. The number of para-hydroxylation sites is 1. The Morgan fingerprint density at radius 3 is 2.66 bits per heavy atom. The fourth-order valence-electron chi connectivity index (χ4n) is 8.77. The summed E-state index contributed by atoms with van der Waals surface area (Å²) < 4.78 is 5.21. The SMILES string of the molecule is COc1cccc(C=NC[C@@]2(O)CC[C@@H]3[C@@H]4CC[C@@H]5CCCC[C@]5(C)[C@H]4CC[C@@]32C)c1O. The van der Waals surface area contributed by atoms with Crippen LogP contribution >= 0.6 is 0 Å². The van der Waals surface area contributed by atoms with E-state index in [-0.39, 0.29) is 11.2 Å². The maximum Gasteiger partial charge on any atom is 0.166 e. The molecule has 4 nitrogen and oxygen atoms in total. The van der Waals surface area contributed by atoms with Gasteiger partial charge in [-0.25, -0.2) is 0 Å². The van der Waals surface area contributed by atoms with E-state index >= 15 is 0 Å². The smallest absolute Gasteiger partial charge is 0.166 e. The quantitative estimate of drug-likeness (QED) is 0.567. The van der Waals surface area contributed by atoms with Crippen LogP contribution in [0.25, 0.3) is 0 Å². The second-order valence-electron chi connectivity index (χ2n) is 11.8. The fraction of sp³-hybridized carbons (Fsp3) is 0.750. The van der Waals surface area contributed by atoms with Crippen molar-refractivity contribution in [1.29, 1.82) is 0 Å². The van der Waals surface area contributed by atoms with Crippen molar-refractivity contribution in [3.05, 3.63) is 23.8 Å². The van der Waals surface area contributed by atoms with Crippen LogP contribution in [0.3, 0.4) is 0 Å². The molecule has 0 bridgehead atoms. The largest absolute Gasteiger partial charge is 0.504 e. The molecule has 5 rings (SSSR count). The molecular weight excluding hydrogens is 398 g/mol. The van der Waals surface area contributed by atoms with Gasteiger partial charge < -0.3 is 14.9 Å². The number of aromatic hydroxyl groups is 1. The molecule has 0 saturated heterocycles. The molecule has 4 saturated carbocycles. The van der Waals surface area contributed by atoms with E-state index in [9.17, 15) is 10.2 Å². The van der Waals surface area contributed by atoms with Gasteiger partial charge in [-0.15, -0.1) is 0 Å². The van der Waals surface area contributed by atoms with Gasteiger partial charge in [0.1, 0.15) is 0 Å². The minimum atomic E-state index is -0.752. The molecule has 0 aliphatic heterocycles. The van der Waals surface area contributed by atoms with Gasteiger partial charge in [0.15, 0.2) is 11.5 Å². The molecule has 0 aromatic heterocycles. The summed E-state index contributed by atoms with van der Waals surface area (Å²) in [6.07, 6.45) is 14.5. The first kappa shape index (κ1) is 22.3. The standard InChI is InChI=1S/C28H41NO3/c1-26-14-5-4-8-20(26)10-11-21-22(26)12-15-27(2)23(21)13-16-28(27,31)18-29-17-19-7-6-9-24(32-3)25(19)30/h6-7,9,17,20-23,30-31H,4-5,8,10-16,18H2,1-3H3/t20-,21+,22-,23+,26-,27-,28-/m0/s1. The number of phenolic OH excluding ortho intramolecular Hbond substituents is 1. The number of nitrogens with zero attached hydrogens (tertiary/aromatic N) is 1. The molecule has 7 atom stereocenters. The van der Waals surface area contributed by atoms with Crippen molar-refractivity contribution >= 4 is 6.21 Å². The van der Waals surface area contributed by atoms with E-state index in [0.717, 1.165) is 37.0 Å². The van der Waals surface area contributed by atoms with Crippen LogP contribution in [0.5, 0.6) is 11.5 Å². The third-order valence-electron chi connectivity index (χ3n) is 10.7. The lowest BCUT2D eigenvalue weighted by Gasteiger charge is -2.61. The number of aliphatic imine (C=N–C) groups is 1. The highest BCUT2D eigenvalue weighted by atomic mass is 16.5. The average molecular weight is 440 g/mol. The predicted molar refractivity (Wildman–Crippen MR) is 128 cm³/mol. The zero-order chi connectivity index (χ0) is 22.6. The summed E-state index contributed by atoms with van der Waals surface area (Å²) in [5.74, 6) is 3.73. The number of ether oxygens (including phenoxy) is 1. The third kappa shape index (κ3) is 3.23. The van der Waals surface area contributed by atoms with Crippen LogP contribution in [0.1, 0.15) is 83.6 Å². The summed E-state index contributed by atoms with van der Waals surface area (Å²) in [6.45, 7) is 5.38. The van der Waals surface area contributed by atoms with Crippen LogP contribution in [-0.2, 0) is 0 Å². The molecule has 4 fully saturated rings. The lowest BCUT2D eigenvalue weighted by Crippen LogP contribution is -2.56. The number of phenols is 1. The summed E-state index contributed by atoms with van der Waals surface area (Å²) in [5, 5.41) is 22.2. The van der Waals surface area contributed by atoms with E-state index < -0.39 is 5.60 Å². The molecule has 4 aliphatic rings. The van der Waals surface area contributed by atoms with E-state index in [0.29, 0.717) is 29.2 Å². The van der Waals surface area contributed by atoms with Crippen molar-refractivity contribution in [2.24, 2.45) is 39.5 Å². The number of fused-ring (bicyclic) bond motifs is 5. The molecule has 0 heterocycles. The van der Waals surface area contributed by atoms with Gasteiger partial charge in [0, 0.05) is 17.2 Å². The highest BCUT2D eigenvalue weighted by Gasteiger charge is 2.64. The maximum atomic E-state index is 11.9. The van der Waals surface area contributed by atoms with Crippen molar-refractivity contribution in [3.63, 3.8) is 0 Å². The Labute approximate surface area is 193 Å². The molecule has 4 heteroatoms. The van der Waals surface area contributed by atoms with Gasteiger partial charge in [-0.1, -0.05) is 32.8 Å². The number of benzene rings is 1. The number of hydrogen-bond donors (Lipinski definition) is 2. The third-order valence-corrected chi connectivity index (χ3v) is 10.7. The second kappa shape index (κ2) is 8.04. The Kier molecular flexibility index (Phi) is 5.59. The lowest BCUT2D eigenvalue weighted by atomic mass is 9.44. The van der Waals surface area contributed by atoms with Gasteiger partial charge in [-0.2, -0.15) is 0 Å². The van der Waals surface area contributed by atoms with Crippen LogP contribution < -0.4 is 4.74 Å². The Morgan fingerprint density at radius 2 is 1.84 bits per heavy atom. The molecule has 0 spiro atoms. The normalized spacial score (nSPS) is 43.5. The van der Waals surface area contributed by atoms with Gasteiger partial charge in [-0.3, -0.25) is 4.99 Å². The summed E-state index contributed by atoms with van der Waals surface area (Å²) >= 11 is 0. The van der Waals surface area contributed by atoms with E-state index in [1.54, 1.807) is 19.4 Å². The van der Waals surface area contributed by atoms with Gasteiger partial charge in [0.25, 0.3) is 0 Å². The zero-order valence-corrected chi connectivity index (χ0v) is 20.1. The maximum absolute atomic E-state index is 11.9. The van der Waals surface area contributed by atoms with Crippen molar-refractivity contribution in [3.8, 4) is 11.5 Å². The first-order chi connectivity index (χ1) is 15.3. The molecule has 1 aromatic rings. The fourth-order valence-corrected chi connectivity index (χ4v) is 8.77. The number of hydrogen-bond acceptors (Lipinski definition) is 4. The topological polar surface area (TPSA) is 62.0 Å². The molecule has 0 radical (unpaired) electrons. The van der Waals surface area contributed by atoms with Crippen molar-refractivity contribution in [2.45, 2.75) is 83.7 Å². The van der Waals surface area contributed by atoms with E-state index in [4.69, 9.17) is 4.74 Å². The first-order valence-electron chi connectivity index (χ1n) is 12.9. The van der Waals surface area contributed by atoms with Crippen LogP contribution in [0.2, 0.25) is 0 Å². The van der Waals surface area contributed by atoms with Crippen LogP contribution in [0.4, 0.5) is 0 Å². The summed E-state index contributed by atoms with van der Waals surface area (Å²) in [6, 6.07) is 5.42. The highest BCUT2D eigenvalue weighted by molar-refractivity contribution is 5.84. The van der Waals surface area contributed by atoms with Gasteiger partial charge in [0.2, 0.25) is 0 Å². The highest BCUT2D eigenvalue weighted by Crippen LogP contribution is 2.68. The molecule has 32 heavy (non-hydrogen) atoms. The van der Waals surface area contributed by atoms with Gasteiger partial charge in [0.05, 0.1) is 19.3 Å². The minimum absolute atomic E-state index is 0.0558. The Morgan fingerprint density at radius 1 is 1.03 bits per heavy atom. The Balaban J connectivity index is 1.34. The zero-order valence-electron chi connectivity index (χ0n) is 20.1. The molecule has 0 unspecified atom stereocenters. The summed E-state index contributed by atoms with van der Waals surface area (Å²) in [4.78, 5) is 4.66. The van der Waals surface area contributed by atoms with Gasteiger partial charge in [-0.05, 0) is 92.6 Å². The second-order valence-corrected chi connectivity index (χ2v) is 11.8. The summed E-state index contributed by atoms with van der Waals surface area (Å²) in [7, 11) is 1.55. The van der Waals surface area contributed by atoms with Crippen LogP contribution in [-0.4, -0.2) is 35.7 Å². The molecule has 176 valence electrons. The van der Waals surface area contributed by atoms with Crippen molar-refractivity contribution in [2.75, 3.05) is 13.7 Å². The summed E-state index contributed by atoms with van der Waals surface area (Å²) in [5.41, 5.74) is 0.364. The van der Waals surface area contributed by atoms with Crippen LogP contribution in [0, 0.1) is 34.5 Å². The molecular formula is C28H41NO3. The van der Waals surface area contributed by atoms with E-state index in [2.05, 4.69) is 18.8 Å².